The fourth-order valence-corrected chi connectivity index (χ4v) is 11.0. The van der Waals surface area contributed by atoms with Crippen molar-refractivity contribution < 1.29 is 62.6 Å². The summed E-state index contributed by atoms with van der Waals surface area (Å²) in [6, 6.07) is -11.0. The Kier molecular flexibility index (Phi) is 33.8. The summed E-state index contributed by atoms with van der Waals surface area (Å²) in [7, 11) is 9.70. The van der Waals surface area contributed by atoms with Crippen molar-refractivity contribution in [1.29, 1.82) is 5.26 Å². The predicted molar refractivity (Wildman–Crippen MR) is 339 cm³/mol. The van der Waals surface area contributed by atoms with Gasteiger partial charge >= 0.3 is 0 Å². The molecule has 25 nitrogen and oxygen atoms in total. The van der Waals surface area contributed by atoms with Crippen molar-refractivity contribution in [3.8, 4) is 6.07 Å². The molecule has 89 heavy (non-hydrogen) atoms. The van der Waals surface area contributed by atoms with Gasteiger partial charge in [-0.2, -0.15) is 5.26 Å². The monoisotopic (exact) mass is 1260 g/mol. The van der Waals surface area contributed by atoms with Gasteiger partial charge in [0.25, 0.3) is 0 Å². The van der Waals surface area contributed by atoms with E-state index in [1.165, 1.54) is 82.8 Å². The van der Waals surface area contributed by atoms with Gasteiger partial charge in [-0.05, 0) is 102 Å². The number of likely N-dealkylation sites (N-methyl/N-ethyl adjacent to an activating group) is 7. The minimum atomic E-state index is -1.64. The summed E-state index contributed by atoms with van der Waals surface area (Å²) >= 11 is 0. The number of carbonyl (C=O) groups is 11. The molecule has 1 heterocycles. The lowest BCUT2D eigenvalue weighted by atomic mass is 9.91. The molecule has 1 aliphatic rings. The van der Waals surface area contributed by atoms with Gasteiger partial charge in [0.1, 0.15) is 60.4 Å². The Morgan fingerprint density at radius 3 is 1.51 bits per heavy atom. The summed E-state index contributed by atoms with van der Waals surface area (Å²) in [5.41, 5.74) is 0. The minimum absolute atomic E-state index is 0.0186. The van der Waals surface area contributed by atoms with E-state index in [1.54, 1.807) is 67.5 Å². The topological polar surface area (TPSA) is 312 Å². The van der Waals surface area contributed by atoms with Crippen LogP contribution in [0.2, 0.25) is 0 Å². The maximum atomic E-state index is 15.2. The highest BCUT2D eigenvalue weighted by atomic mass is 16.5. The third kappa shape index (κ3) is 22.9. The first kappa shape index (κ1) is 80.3. The lowest BCUT2D eigenvalue weighted by Gasteiger charge is -2.41. The first-order valence-electron chi connectivity index (χ1n) is 31.6. The smallest absolute Gasteiger partial charge is 0.246 e. The molecule has 0 aromatic rings. The van der Waals surface area contributed by atoms with Gasteiger partial charge < -0.3 is 65.4 Å². The van der Waals surface area contributed by atoms with Gasteiger partial charge in [-0.25, -0.2) is 0 Å². The maximum absolute atomic E-state index is 15.2. The number of rotatable bonds is 18. The summed E-state index contributed by atoms with van der Waals surface area (Å²) in [6.45, 7) is 26.8. The van der Waals surface area contributed by atoms with E-state index in [-0.39, 0.29) is 62.9 Å². The largest absolute Gasteiger partial charge is 0.390 e. The van der Waals surface area contributed by atoms with Gasteiger partial charge in [0.15, 0.2) is 0 Å². The Morgan fingerprint density at radius 2 is 1.02 bits per heavy atom. The lowest BCUT2D eigenvalue weighted by molar-refractivity contribution is -0.157. The van der Waals surface area contributed by atoms with Crippen LogP contribution in [0.4, 0.5) is 0 Å². The van der Waals surface area contributed by atoms with E-state index < -0.39 is 162 Å². The highest BCUT2D eigenvalue weighted by Crippen LogP contribution is 2.26. The molecule has 506 valence electrons. The van der Waals surface area contributed by atoms with Gasteiger partial charge in [0.05, 0.1) is 24.8 Å². The van der Waals surface area contributed by atoms with E-state index in [4.69, 9.17) is 4.74 Å². The summed E-state index contributed by atoms with van der Waals surface area (Å²) < 4.78 is 6.02. The van der Waals surface area contributed by atoms with Crippen LogP contribution in [0.1, 0.15) is 156 Å². The Labute approximate surface area is 531 Å². The Hall–Kier alpha value is -6.68. The summed E-state index contributed by atoms with van der Waals surface area (Å²) in [6.07, 6.45) is 2.08. The van der Waals surface area contributed by atoms with Crippen molar-refractivity contribution in [2.75, 3.05) is 62.5 Å². The molecule has 0 unspecified atom stereocenters. The minimum Gasteiger partial charge on any atom is -0.390 e. The SMILES string of the molecule is C/C=C/C[C@@H](C)[C@@H](O)[C@H]1C(=O)N[C@@H](CC)C(=O)N(C)CC(=O)N(C)[C@@H]([C@@H](C)OCCCC#N)C(=O)N[C@@H](C(C)C)C(=O)N(C)[C@@H](CC(C)C)C(=O)N[C@@H](C)C(=O)N[C@H](C)C(=O)N(C)[C@@H](CC(C)C)C(=O)N(C)[C@@H](CC(C)C)C(=O)N(C)[C@@H](C(C)C)C(=O)N1C. The van der Waals surface area contributed by atoms with Crippen LogP contribution in [-0.4, -0.2) is 239 Å². The Morgan fingerprint density at radius 1 is 0.551 bits per heavy atom. The van der Waals surface area contributed by atoms with Gasteiger partial charge in [-0.15, -0.1) is 0 Å². The molecule has 1 rings (SSSR count). The Bertz CT molecular complexity index is 2480. The molecule has 1 fully saturated rings. The predicted octanol–water partition coefficient (Wildman–Crippen LogP) is 2.93. The summed E-state index contributed by atoms with van der Waals surface area (Å²) in [5.74, 6) is -10.3. The lowest BCUT2D eigenvalue weighted by Crippen LogP contribution is -2.63. The van der Waals surface area contributed by atoms with E-state index in [1.807, 2.05) is 47.6 Å². The molecule has 1 aliphatic heterocycles. The second-order valence-electron chi connectivity index (χ2n) is 26.2. The van der Waals surface area contributed by atoms with Crippen LogP contribution in [0.25, 0.3) is 0 Å². The van der Waals surface area contributed by atoms with Crippen molar-refractivity contribution in [3.05, 3.63) is 12.2 Å². The number of aliphatic hydroxyl groups excluding tert-OH is 1. The molecule has 0 bridgehead atoms. The van der Waals surface area contributed by atoms with Gasteiger partial charge in [-0.1, -0.05) is 95.2 Å². The number of nitrogens with zero attached hydrogens (tertiary/aromatic N) is 8. The maximum Gasteiger partial charge on any atom is 0.246 e. The van der Waals surface area contributed by atoms with Crippen molar-refractivity contribution in [1.82, 2.24) is 55.6 Å². The van der Waals surface area contributed by atoms with E-state index in [0.717, 1.165) is 14.7 Å². The fraction of sp³-hybridized carbons (Fsp3) is 0.781. The molecule has 5 N–H and O–H groups in total. The molecule has 1 saturated heterocycles. The first-order chi connectivity index (χ1) is 41.3. The highest BCUT2D eigenvalue weighted by molar-refractivity contribution is 5.99. The van der Waals surface area contributed by atoms with E-state index in [9.17, 15) is 53.5 Å². The number of allylic oxidation sites excluding steroid dienone is 2. The molecule has 11 amide bonds. The Balaban J connectivity index is 4.39. The highest BCUT2D eigenvalue weighted by Gasteiger charge is 2.46. The fourth-order valence-electron chi connectivity index (χ4n) is 11.0. The zero-order valence-corrected chi connectivity index (χ0v) is 57.8. The molecule has 0 radical (unpaired) electrons. The number of carbonyl (C=O) groups excluding carboxylic acids is 11. The zero-order chi connectivity index (χ0) is 68.8. The average molecular weight is 1260 g/mol. The third-order valence-corrected chi connectivity index (χ3v) is 16.6. The molecule has 0 aliphatic carbocycles. The molecular weight excluding hydrogens is 1140 g/mol. The second kappa shape index (κ2) is 37.5. The standard InChI is InChI=1S/C64H112N12O13/c1-24-26-29-41(13)54(78)53-58(82)68-45(25-2)60(84)70(17)35-49(77)74(21)52(44(16)89-31-28-27-30-65)57(81)69-50(39(9)10)63(87)71(18)46(32-36(3)4)56(80)66-42(14)55(79)67-43(15)59(83)72(19)47(33-37(5)6)61(85)73(20)48(34-38(7)8)62(86)75(22)51(40(11)12)64(88)76(53)23/h24,26,36-48,50-54,78H,25,27-29,31-35H2,1-23H3,(H,66,80)(H,67,79)(H,68,82)(H,69,81)/b26-24+/t41-,42+,43-,44-,45+,46+,47+,48+,50+,51+,52+,53+,54-/m1/s1. The van der Waals surface area contributed by atoms with Gasteiger partial charge in [0.2, 0.25) is 65.0 Å². The quantitative estimate of drug-likeness (QED) is 0.0974. The molecular formula is C64H112N12O13. The number of ether oxygens (including phenoxy) is 1. The van der Waals surface area contributed by atoms with Crippen LogP contribution in [0.15, 0.2) is 12.2 Å². The number of amides is 11. The first-order valence-corrected chi connectivity index (χ1v) is 31.6. The average Bonchev–Trinajstić information content (AvgIpc) is 0.987. The summed E-state index contributed by atoms with van der Waals surface area (Å²) in [5, 5.41) is 32.2. The number of unbranched alkanes of at least 4 members (excludes halogenated alkanes) is 1. The molecule has 0 spiro atoms. The van der Waals surface area contributed by atoms with Crippen LogP contribution in [0.3, 0.4) is 0 Å². The second-order valence-corrected chi connectivity index (χ2v) is 26.2. The number of nitriles is 1. The van der Waals surface area contributed by atoms with Gasteiger partial charge in [0, 0.05) is 62.4 Å². The molecule has 0 aromatic carbocycles. The normalized spacial score (nSPS) is 26.4. The van der Waals surface area contributed by atoms with E-state index >= 15 is 9.59 Å². The molecule has 25 heteroatoms. The third-order valence-electron chi connectivity index (χ3n) is 16.6. The van der Waals surface area contributed by atoms with Crippen LogP contribution >= 0.6 is 0 Å². The van der Waals surface area contributed by atoms with Crippen molar-refractivity contribution in [2.45, 2.75) is 228 Å². The van der Waals surface area contributed by atoms with Crippen LogP contribution in [0, 0.1) is 46.8 Å². The van der Waals surface area contributed by atoms with Crippen LogP contribution < -0.4 is 21.3 Å². The van der Waals surface area contributed by atoms with Crippen molar-refractivity contribution >= 4 is 65.0 Å². The van der Waals surface area contributed by atoms with E-state index in [2.05, 4.69) is 21.3 Å². The number of nitrogens with one attached hydrogen (secondary N) is 4. The number of hydrogen-bond acceptors (Lipinski definition) is 14. The van der Waals surface area contributed by atoms with E-state index in [0.29, 0.717) is 6.42 Å². The molecule has 0 saturated carbocycles. The molecule has 13 atom stereocenters. The van der Waals surface area contributed by atoms with Crippen molar-refractivity contribution in [3.63, 3.8) is 0 Å². The number of aliphatic hydroxyl groups is 1. The van der Waals surface area contributed by atoms with Crippen LogP contribution in [-0.2, 0) is 57.5 Å². The van der Waals surface area contributed by atoms with Crippen molar-refractivity contribution in [2.24, 2.45) is 35.5 Å². The molecule has 0 aromatic heterocycles. The zero-order valence-electron chi connectivity index (χ0n) is 57.8. The summed E-state index contributed by atoms with van der Waals surface area (Å²) in [4.78, 5) is 169. The number of hydrogen-bond donors (Lipinski definition) is 5. The van der Waals surface area contributed by atoms with Gasteiger partial charge in [-0.3, -0.25) is 52.7 Å². The van der Waals surface area contributed by atoms with Crippen LogP contribution in [0.5, 0.6) is 0 Å².